The second-order valence-corrected chi connectivity index (χ2v) is 4.62. The molecule has 1 rings (SSSR count). The fourth-order valence-corrected chi connectivity index (χ4v) is 2.41. The first-order chi connectivity index (χ1) is 7.26. The summed E-state index contributed by atoms with van der Waals surface area (Å²) in [5.41, 5.74) is 6.07. The highest BCUT2D eigenvalue weighted by Crippen LogP contribution is 2.32. The number of hydrogen-bond donors (Lipinski definition) is 2. The average molecular weight is 208 g/mol. The lowest BCUT2D eigenvalue weighted by molar-refractivity contribution is 0.197. The molecule has 0 aromatic carbocycles. The largest absolute Gasteiger partial charge is 0.329 e. The molecule has 0 bridgehead atoms. The molecule has 2 nitrogen and oxygen atoms in total. The van der Waals surface area contributed by atoms with Crippen LogP contribution in [-0.2, 0) is 0 Å². The fraction of sp³-hybridized carbons (Fsp3) is 0.846. The molecule has 0 amide bonds. The van der Waals surface area contributed by atoms with Crippen molar-refractivity contribution in [3.8, 4) is 11.8 Å². The second kappa shape index (κ2) is 6.15. The summed E-state index contributed by atoms with van der Waals surface area (Å²) in [6.45, 7) is 5.69. The molecule has 0 radical (unpaired) electrons. The molecular weight excluding hydrogens is 184 g/mol. The average Bonchev–Trinajstić information content (AvgIpc) is 2.30. The molecule has 1 fully saturated rings. The van der Waals surface area contributed by atoms with E-state index in [-0.39, 0.29) is 5.54 Å². The van der Waals surface area contributed by atoms with Crippen LogP contribution in [0.4, 0.5) is 0 Å². The molecule has 2 heteroatoms. The molecule has 0 heterocycles. The predicted molar refractivity (Wildman–Crippen MR) is 65.5 cm³/mol. The van der Waals surface area contributed by atoms with Crippen LogP contribution in [0.2, 0.25) is 0 Å². The van der Waals surface area contributed by atoms with Crippen LogP contribution in [0.3, 0.4) is 0 Å². The van der Waals surface area contributed by atoms with Crippen molar-refractivity contribution in [3.63, 3.8) is 0 Å². The molecule has 0 aromatic rings. The van der Waals surface area contributed by atoms with Crippen molar-refractivity contribution in [3.05, 3.63) is 0 Å². The Hall–Kier alpha value is -0.520. The minimum atomic E-state index is 0.176. The van der Waals surface area contributed by atoms with Gasteiger partial charge in [-0.05, 0) is 38.5 Å². The van der Waals surface area contributed by atoms with Crippen LogP contribution in [-0.4, -0.2) is 18.6 Å². The third-order valence-electron chi connectivity index (χ3n) is 3.76. The SMILES string of the molecule is CC#CCNC1(CN)CCC(CC)CC1. The molecule has 1 saturated carbocycles. The van der Waals surface area contributed by atoms with Gasteiger partial charge in [-0.3, -0.25) is 5.32 Å². The Kier molecular flexibility index (Phi) is 5.14. The minimum Gasteiger partial charge on any atom is -0.329 e. The van der Waals surface area contributed by atoms with Gasteiger partial charge < -0.3 is 5.73 Å². The monoisotopic (exact) mass is 208 g/mol. The Morgan fingerprint density at radius 1 is 1.40 bits per heavy atom. The van der Waals surface area contributed by atoms with E-state index in [1.807, 2.05) is 6.92 Å². The lowest BCUT2D eigenvalue weighted by Crippen LogP contribution is -2.53. The van der Waals surface area contributed by atoms with Gasteiger partial charge in [0.1, 0.15) is 0 Å². The standard InChI is InChI=1S/C13H24N2/c1-3-5-10-15-13(11-14)8-6-12(4-2)7-9-13/h12,15H,4,6-11,14H2,1-2H3. The van der Waals surface area contributed by atoms with E-state index >= 15 is 0 Å². The highest BCUT2D eigenvalue weighted by Gasteiger charge is 2.32. The van der Waals surface area contributed by atoms with Crippen LogP contribution in [0, 0.1) is 17.8 Å². The van der Waals surface area contributed by atoms with Crippen LogP contribution >= 0.6 is 0 Å². The highest BCUT2D eigenvalue weighted by atomic mass is 15.0. The topological polar surface area (TPSA) is 38.0 Å². The zero-order chi connectivity index (χ0) is 11.1. The Balaban J connectivity index is 2.43. The van der Waals surface area contributed by atoms with E-state index < -0.39 is 0 Å². The van der Waals surface area contributed by atoms with Gasteiger partial charge in [-0.25, -0.2) is 0 Å². The summed E-state index contributed by atoms with van der Waals surface area (Å²) in [6.07, 6.45) is 6.39. The van der Waals surface area contributed by atoms with Gasteiger partial charge in [0, 0.05) is 12.1 Å². The molecule has 86 valence electrons. The van der Waals surface area contributed by atoms with E-state index in [4.69, 9.17) is 5.73 Å². The summed E-state index contributed by atoms with van der Waals surface area (Å²) in [5, 5.41) is 3.53. The summed E-state index contributed by atoms with van der Waals surface area (Å²) in [5.74, 6) is 6.90. The number of nitrogens with one attached hydrogen (secondary N) is 1. The summed E-state index contributed by atoms with van der Waals surface area (Å²) < 4.78 is 0. The van der Waals surface area contributed by atoms with Crippen molar-refractivity contribution < 1.29 is 0 Å². The van der Waals surface area contributed by atoms with Crippen LogP contribution < -0.4 is 11.1 Å². The zero-order valence-electron chi connectivity index (χ0n) is 10.1. The molecule has 3 N–H and O–H groups in total. The van der Waals surface area contributed by atoms with Gasteiger partial charge in [0.05, 0.1) is 6.54 Å². The van der Waals surface area contributed by atoms with Crippen molar-refractivity contribution in [2.24, 2.45) is 11.7 Å². The molecule has 15 heavy (non-hydrogen) atoms. The third kappa shape index (κ3) is 3.52. The highest BCUT2D eigenvalue weighted by molar-refractivity contribution is 5.02. The van der Waals surface area contributed by atoms with E-state index in [1.165, 1.54) is 32.1 Å². The predicted octanol–water partition coefficient (Wildman–Crippen LogP) is 1.90. The summed E-state index contributed by atoms with van der Waals surface area (Å²) >= 11 is 0. The van der Waals surface area contributed by atoms with Crippen LogP contribution in [0.1, 0.15) is 46.0 Å². The fourth-order valence-electron chi connectivity index (χ4n) is 2.41. The maximum absolute atomic E-state index is 5.90. The molecule has 1 aliphatic carbocycles. The number of rotatable bonds is 4. The molecule has 0 aliphatic heterocycles. The van der Waals surface area contributed by atoms with Gasteiger partial charge in [-0.15, -0.1) is 5.92 Å². The summed E-state index contributed by atoms with van der Waals surface area (Å²) in [4.78, 5) is 0. The molecule has 0 aromatic heterocycles. The lowest BCUT2D eigenvalue weighted by atomic mass is 9.75. The number of hydrogen-bond acceptors (Lipinski definition) is 2. The van der Waals surface area contributed by atoms with Crippen LogP contribution in [0.15, 0.2) is 0 Å². The van der Waals surface area contributed by atoms with Crippen molar-refractivity contribution >= 4 is 0 Å². The van der Waals surface area contributed by atoms with E-state index in [0.717, 1.165) is 19.0 Å². The van der Waals surface area contributed by atoms with Gasteiger partial charge in [-0.2, -0.15) is 0 Å². The van der Waals surface area contributed by atoms with Crippen molar-refractivity contribution in [1.82, 2.24) is 5.32 Å². The lowest BCUT2D eigenvalue weighted by Gasteiger charge is -2.39. The van der Waals surface area contributed by atoms with Crippen LogP contribution in [0.25, 0.3) is 0 Å². The number of nitrogens with two attached hydrogens (primary N) is 1. The maximum atomic E-state index is 5.90. The zero-order valence-corrected chi connectivity index (χ0v) is 10.1. The Morgan fingerprint density at radius 3 is 2.53 bits per heavy atom. The molecule has 1 aliphatic rings. The van der Waals surface area contributed by atoms with E-state index in [2.05, 4.69) is 24.1 Å². The first kappa shape index (κ1) is 12.5. The maximum Gasteiger partial charge on any atom is 0.0581 e. The first-order valence-corrected chi connectivity index (χ1v) is 6.11. The van der Waals surface area contributed by atoms with E-state index in [9.17, 15) is 0 Å². The quantitative estimate of drug-likeness (QED) is 0.692. The first-order valence-electron chi connectivity index (χ1n) is 6.11. The Morgan fingerprint density at radius 2 is 2.07 bits per heavy atom. The van der Waals surface area contributed by atoms with Gasteiger partial charge in [-0.1, -0.05) is 19.3 Å². The van der Waals surface area contributed by atoms with Crippen molar-refractivity contribution in [2.45, 2.75) is 51.5 Å². The van der Waals surface area contributed by atoms with E-state index in [0.29, 0.717) is 0 Å². The summed E-state index contributed by atoms with van der Waals surface area (Å²) in [7, 11) is 0. The van der Waals surface area contributed by atoms with Gasteiger partial charge in [0.2, 0.25) is 0 Å². The Bertz CT molecular complexity index is 229. The van der Waals surface area contributed by atoms with Gasteiger partial charge in [0.15, 0.2) is 0 Å². The van der Waals surface area contributed by atoms with Crippen molar-refractivity contribution in [2.75, 3.05) is 13.1 Å². The molecule has 0 atom stereocenters. The van der Waals surface area contributed by atoms with E-state index in [1.54, 1.807) is 0 Å². The summed E-state index contributed by atoms with van der Waals surface area (Å²) in [6, 6.07) is 0. The minimum absolute atomic E-state index is 0.176. The smallest absolute Gasteiger partial charge is 0.0581 e. The molecule has 0 spiro atoms. The normalized spacial score (nSPS) is 30.7. The Labute approximate surface area is 94.0 Å². The van der Waals surface area contributed by atoms with Crippen molar-refractivity contribution in [1.29, 1.82) is 0 Å². The molecule has 0 saturated heterocycles. The van der Waals surface area contributed by atoms with Gasteiger partial charge >= 0.3 is 0 Å². The third-order valence-corrected chi connectivity index (χ3v) is 3.76. The molecular formula is C13H24N2. The van der Waals surface area contributed by atoms with Gasteiger partial charge in [0.25, 0.3) is 0 Å². The second-order valence-electron chi connectivity index (χ2n) is 4.62. The van der Waals surface area contributed by atoms with Crippen LogP contribution in [0.5, 0.6) is 0 Å². The molecule has 0 unspecified atom stereocenters.